The number of aromatic nitrogens is 2. The number of aromatic carboxylic acids is 1. The van der Waals surface area contributed by atoms with Crippen LogP contribution in [-0.2, 0) is 39.5 Å². The lowest BCUT2D eigenvalue weighted by molar-refractivity contribution is -0.139. The fraction of sp³-hybridized carbons (Fsp3) is 0.212. The number of pyridine rings is 2. The minimum atomic E-state index is -4.63. The highest BCUT2D eigenvalue weighted by Crippen LogP contribution is 2.36. The van der Waals surface area contributed by atoms with E-state index in [1.807, 2.05) is 0 Å². The van der Waals surface area contributed by atoms with Crippen molar-refractivity contribution in [2.75, 3.05) is 32.0 Å². The summed E-state index contributed by atoms with van der Waals surface area (Å²) >= 11 is 0. The molecule has 0 aliphatic carbocycles. The minimum Gasteiger partial charge on any atom is -0.497 e. The van der Waals surface area contributed by atoms with E-state index in [0.717, 1.165) is 18.3 Å². The topological polar surface area (TPSA) is 166 Å². The summed E-state index contributed by atoms with van der Waals surface area (Å²) in [6, 6.07) is 11.9. The first kappa shape index (κ1) is 39.2. The molecule has 4 rings (SSSR count). The fourth-order valence-corrected chi connectivity index (χ4v) is 4.24. The number of carbonyl (C=O) groups excluding carboxylic acids is 3. The number of ether oxygens (including phenoxy) is 3. The van der Waals surface area contributed by atoms with Gasteiger partial charge in [0.15, 0.2) is 0 Å². The van der Waals surface area contributed by atoms with Crippen LogP contribution in [0.25, 0.3) is 0 Å². The van der Waals surface area contributed by atoms with E-state index < -0.39 is 60.1 Å². The standard InChI is InChI=1S/C17H15F3N2O4.C16H13F3N2O4/c1-25-12-5-3-10(13(8-12)17(18,19)20)7-15(23)22-11-4-6-14(21-9-11)16(24)26-2;1-25-11-4-2-9(12(7-11)16(17,18)19)6-14(22)21-10-3-5-13(15(23)24)20-8-10/h3-6,8-9H,7H2,1-2H3,(H,22,23);2-5,7-8H,6H2,1H3,(H,21,22)(H,23,24). The van der Waals surface area contributed by atoms with Crippen LogP contribution in [0.1, 0.15) is 43.2 Å². The Morgan fingerprint density at radius 1 is 0.647 bits per heavy atom. The van der Waals surface area contributed by atoms with Crippen LogP contribution < -0.4 is 20.1 Å². The Kier molecular flexibility index (Phi) is 13.0. The van der Waals surface area contributed by atoms with Crippen LogP contribution in [0.15, 0.2) is 73.1 Å². The van der Waals surface area contributed by atoms with Gasteiger partial charge in [0.2, 0.25) is 11.8 Å². The van der Waals surface area contributed by atoms with Crippen molar-refractivity contribution in [2.45, 2.75) is 25.2 Å². The van der Waals surface area contributed by atoms with Crippen molar-refractivity contribution >= 4 is 35.1 Å². The number of benzene rings is 2. The summed E-state index contributed by atoms with van der Waals surface area (Å²) in [4.78, 5) is 53.4. The predicted octanol–water partition coefficient (Wildman–Crippen LogP) is 6.07. The fourth-order valence-electron chi connectivity index (χ4n) is 4.24. The summed E-state index contributed by atoms with van der Waals surface area (Å²) in [5, 5.41) is 13.5. The van der Waals surface area contributed by atoms with E-state index >= 15 is 0 Å². The van der Waals surface area contributed by atoms with E-state index in [2.05, 4.69) is 25.3 Å². The minimum absolute atomic E-state index is 0.0324. The molecule has 3 N–H and O–H groups in total. The Bertz CT molecular complexity index is 1870. The molecule has 51 heavy (non-hydrogen) atoms. The first-order chi connectivity index (χ1) is 23.9. The smallest absolute Gasteiger partial charge is 0.416 e. The van der Waals surface area contributed by atoms with Crippen LogP contribution in [0.3, 0.4) is 0 Å². The van der Waals surface area contributed by atoms with Gasteiger partial charge >= 0.3 is 24.3 Å². The zero-order valence-electron chi connectivity index (χ0n) is 26.8. The number of esters is 1. The molecule has 0 unspecified atom stereocenters. The van der Waals surface area contributed by atoms with E-state index in [1.54, 1.807) is 0 Å². The van der Waals surface area contributed by atoms with E-state index in [9.17, 15) is 45.5 Å². The Morgan fingerprint density at radius 3 is 1.37 bits per heavy atom. The molecule has 0 aliphatic heterocycles. The number of carboxylic acid groups (broad SMARTS) is 1. The molecule has 0 saturated carbocycles. The maximum Gasteiger partial charge on any atom is 0.416 e. The maximum absolute atomic E-state index is 13.2. The average Bonchev–Trinajstić information content (AvgIpc) is 3.08. The molecule has 0 atom stereocenters. The van der Waals surface area contributed by atoms with Crippen LogP contribution in [0.4, 0.5) is 37.7 Å². The van der Waals surface area contributed by atoms with Gasteiger partial charge in [-0.15, -0.1) is 0 Å². The van der Waals surface area contributed by atoms with Crippen molar-refractivity contribution in [3.05, 3.63) is 107 Å². The number of carboxylic acids is 1. The number of hydrogen-bond donors (Lipinski definition) is 3. The van der Waals surface area contributed by atoms with Gasteiger partial charge in [-0.3, -0.25) is 9.59 Å². The van der Waals surface area contributed by atoms with E-state index in [-0.39, 0.29) is 45.4 Å². The molecular weight excluding hydrogens is 694 g/mol. The molecule has 270 valence electrons. The number of rotatable bonds is 10. The Morgan fingerprint density at radius 2 is 1.06 bits per heavy atom. The lowest BCUT2D eigenvalue weighted by Gasteiger charge is -2.14. The second-order valence-electron chi connectivity index (χ2n) is 10.2. The van der Waals surface area contributed by atoms with Crippen LogP contribution >= 0.6 is 0 Å². The lowest BCUT2D eigenvalue weighted by Crippen LogP contribution is -2.18. The van der Waals surface area contributed by atoms with Crippen LogP contribution in [0.2, 0.25) is 0 Å². The van der Waals surface area contributed by atoms with Crippen molar-refractivity contribution in [2.24, 2.45) is 0 Å². The number of carbonyl (C=O) groups is 4. The number of nitrogens with zero attached hydrogens (tertiary/aromatic N) is 2. The van der Waals surface area contributed by atoms with E-state index in [0.29, 0.717) is 0 Å². The number of hydrogen-bond acceptors (Lipinski definition) is 9. The first-order valence-corrected chi connectivity index (χ1v) is 14.3. The van der Waals surface area contributed by atoms with Gasteiger partial charge in [0.1, 0.15) is 22.9 Å². The zero-order valence-corrected chi connectivity index (χ0v) is 26.8. The maximum atomic E-state index is 13.2. The SMILES string of the molecule is COC(=O)c1ccc(NC(=O)Cc2ccc(OC)cc2C(F)(F)F)cn1.COc1ccc(CC(=O)Nc2ccc(C(=O)O)nc2)c(C(F)(F)F)c1. The molecule has 2 aromatic carbocycles. The second kappa shape index (κ2) is 17.0. The molecule has 0 fully saturated rings. The molecule has 18 heteroatoms. The number of nitrogens with one attached hydrogen (secondary N) is 2. The van der Waals surface area contributed by atoms with Crippen LogP contribution in [-0.4, -0.2) is 60.2 Å². The average molecular weight is 723 g/mol. The van der Waals surface area contributed by atoms with Crippen molar-refractivity contribution in [1.82, 2.24) is 9.97 Å². The number of alkyl halides is 6. The third-order valence-corrected chi connectivity index (χ3v) is 6.66. The van der Waals surface area contributed by atoms with Crippen molar-refractivity contribution in [3.63, 3.8) is 0 Å². The number of anilines is 2. The van der Waals surface area contributed by atoms with Gasteiger partial charge in [0.05, 0.1) is 69.1 Å². The van der Waals surface area contributed by atoms with E-state index in [1.165, 1.54) is 76.1 Å². The molecule has 0 saturated heterocycles. The van der Waals surface area contributed by atoms with Crippen molar-refractivity contribution in [3.8, 4) is 11.5 Å². The first-order valence-electron chi connectivity index (χ1n) is 14.3. The summed E-state index contributed by atoms with van der Waals surface area (Å²) < 4.78 is 92.9. The van der Waals surface area contributed by atoms with Crippen molar-refractivity contribution < 1.29 is 64.8 Å². The van der Waals surface area contributed by atoms with Gasteiger partial charge in [-0.1, -0.05) is 12.1 Å². The highest BCUT2D eigenvalue weighted by molar-refractivity contribution is 5.94. The normalized spacial score (nSPS) is 11.0. The monoisotopic (exact) mass is 722 g/mol. The van der Waals surface area contributed by atoms with Crippen molar-refractivity contribution in [1.29, 1.82) is 0 Å². The summed E-state index contributed by atoms with van der Waals surface area (Å²) in [7, 11) is 3.70. The van der Waals surface area contributed by atoms with Gasteiger partial charge < -0.3 is 30.0 Å². The molecule has 4 aromatic rings. The highest BCUT2D eigenvalue weighted by Gasteiger charge is 2.35. The lowest BCUT2D eigenvalue weighted by atomic mass is 10.0. The quantitative estimate of drug-likeness (QED) is 0.129. The Labute approximate surface area is 285 Å². The summed E-state index contributed by atoms with van der Waals surface area (Å²) in [5.41, 5.74) is -2.04. The van der Waals surface area contributed by atoms with Gasteiger partial charge in [0.25, 0.3) is 0 Å². The molecular formula is C33H28F6N4O8. The van der Waals surface area contributed by atoms with Crippen LogP contribution in [0, 0.1) is 0 Å². The molecule has 0 radical (unpaired) electrons. The summed E-state index contributed by atoms with van der Waals surface area (Å²) in [5.74, 6) is -3.15. The van der Waals surface area contributed by atoms with Gasteiger partial charge in [-0.05, 0) is 59.7 Å². The Balaban J connectivity index is 0.000000276. The highest BCUT2D eigenvalue weighted by atomic mass is 19.4. The molecule has 0 spiro atoms. The van der Waals surface area contributed by atoms with Gasteiger partial charge in [0, 0.05) is 0 Å². The van der Waals surface area contributed by atoms with Gasteiger partial charge in [-0.2, -0.15) is 26.3 Å². The molecule has 0 aliphatic rings. The molecule has 0 bridgehead atoms. The van der Waals surface area contributed by atoms with E-state index in [4.69, 9.17) is 14.6 Å². The third-order valence-electron chi connectivity index (χ3n) is 6.66. The molecule has 2 amide bonds. The summed E-state index contributed by atoms with van der Waals surface area (Å²) in [6.07, 6.45) is -7.93. The second-order valence-corrected chi connectivity index (χ2v) is 10.2. The largest absolute Gasteiger partial charge is 0.497 e. The number of amides is 2. The number of halogens is 6. The Hall–Kier alpha value is -6.20. The molecule has 12 nitrogen and oxygen atoms in total. The number of methoxy groups -OCH3 is 3. The van der Waals surface area contributed by atoms with Crippen LogP contribution in [0.5, 0.6) is 11.5 Å². The van der Waals surface area contributed by atoms with Gasteiger partial charge in [-0.25, -0.2) is 19.6 Å². The molecule has 2 aromatic heterocycles. The zero-order chi connectivity index (χ0) is 37.9. The molecule has 2 heterocycles. The predicted molar refractivity (Wildman–Crippen MR) is 167 cm³/mol. The third kappa shape index (κ3) is 11.4. The summed E-state index contributed by atoms with van der Waals surface area (Å²) in [6.45, 7) is 0.